The van der Waals surface area contributed by atoms with Gasteiger partial charge in [-0.15, -0.1) is 0 Å². The summed E-state index contributed by atoms with van der Waals surface area (Å²) >= 11 is 7.86. The Kier molecular flexibility index (Phi) is 9.31. The number of hydrogen-bond donors (Lipinski definition) is 1. The highest BCUT2D eigenvalue weighted by atomic mass is 35.5. The van der Waals surface area contributed by atoms with Gasteiger partial charge in [-0.3, -0.25) is 4.57 Å². The van der Waals surface area contributed by atoms with Crippen molar-refractivity contribution in [2.45, 2.75) is 30.2 Å². The van der Waals surface area contributed by atoms with Crippen molar-refractivity contribution in [2.75, 3.05) is 46.7 Å². The number of aromatic nitrogens is 2. The number of likely N-dealkylation sites (N-methyl/N-ethyl adjacent to an activating group) is 1. The summed E-state index contributed by atoms with van der Waals surface area (Å²) in [6.45, 7) is 5.53. The molecular weight excluding hydrogens is 569 g/mol. The monoisotopic (exact) mass is 603 g/mol. The van der Waals surface area contributed by atoms with Crippen molar-refractivity contribution in [3.63, 3.8) is 0 Å². The second kappa shape index (κ2) is 12.4. The lowest BCUT2D eigenvalue weighted by Crippen LogP contribution is -2.38. The molecule has 4 rings (SSSR count). The number of thioether (sulfide) groups is 1. The van der Waals surface area contributed by atoms with Crippen LogP contribution in [0.25, 0.3) is 5.69 Å². The molecule has 0 atom stereocenters. The van der Waals surface area contributed by atoms with Gasteiger partial charge in [-0.05, 0) is 54.1 Å². The van der Waals surface area contributed by atoms with E-state index in [2.05, 4.69) is 31.4 Å². The molecule has 10 heteroatoms. The number of nitrogens with one attached hydrogen (secondary N) is 1. The number of quaternary nitrogens is 1. The normalized spacial score (nSPS) is 12.0. The zero-order valence-corrected chi connectivity index (χ0v) is 25.6. The number of halogens is 4. The van der Waals surface area contributed by atoms with E-state index < -0.39 is 17.0 Å². The Balaban J connectivity index is 1.66. The number of nitrogens with zero attached hydrogens (tertiary/aromatic N) is 3. The Morgan fingerprint density at radius 1 is 1.00 bits per heavy atom. The Labute approximate surface area is 248 Å². The molecule has 218 valence electrons. The maximum Gasteiger partial charge on any atom is 0.173 e. The molecule has 0 spiro atoms. The molecule has 0 aliphatic rings. The molecule has 0 aliphatic carbocycles. The molecule has 0 unspecified atom stereocenters. The van der Waals surface area contributed by atoms with Gasteiger partial charge in [-0.2, -0.15) is 0 Å². The van der Waals surface area contributed by atoms with Crippen LogP contribution in [-0.4, -0.2) is 55.4 Å². The quantitative estimate of drug-likeness (QED) is 0.141. The first-order valence-corrected chi connectivity index (χ1v) is 14.5. The smallest absolute Gasteiger partial charge is 0.173 e. The predicted octanol–water partition coefficient (Wildman–Crippen LogP) is 7.69. The molecule has 0 aliphatic heterocycles. The van der Waals surface area contributed by atoms with Gasteiger partial charge in [0, 0.05) is 33.1 Å². The van der Waals surface area contributed by atoms with Crippen molar-refractivity contribution in [1.82, 2.24) is 9.55 Å². The zero-order valence-electron chi connectivity index (χ0n) is 24.1. The first-order valence-electron chi connectivity index (χ1n) is 13.1. The second-order valence-electron chi connectivity index (χ2n) is 11.4. The van der Waals surface area contributed by atoms with E-state index in [1.165, 1.54) is 43.1 Å². The van der Waals surface area contributed by atoms with E-state index in [0.717, 1.165) is 22.3 Å². The topological polar surface area (TPSA) is 39.1 Å². The number of imidazole rings is 1. The molecule has 0 saturated heterocycles. The van der Waals surface area contributed by atoms with Gasteiger partial charge in [0.05, 0.1) is 53.2 Å². The minimum Gasteiger partial charge on any atom is -0.494 e. The molecule has 1 aromatic heterocycles. The summed E-state index contributed by atoms with van der Waals surface area (Å²) in [5, 5.41) is 4.14. The van der Waals surface area contributed by atoms with Crippen LogP contribution < -0.4 is 10.1 Å². The summed E-state index contributed by atoms with van der Waals surface area (Å²) in [4.78, 5) is 4.67. The molecule has 1 heterocycles. The fourth-order valence-electron chi connectivity index (χ4n) is 4.43. The van der Waals surface area contributed by atoms with Gasteiger partial charge >= 0.3 is 0 Å². The van der Waals surface area contributed by atoms with Crippen molar-refractivity contribution in [3.8, 4) is 11.4 Å². The van der Waals surface area contributed by atoms with E-state index >= 15 is 4.39 Å². The summed E-state index contributed by atoms with van der Waals surface area (Å²) in [6, 6.07) is 14.0. The van der Waals surface area contributed by atoms with Gasteiger partial charge in [-0.25, -0.2) is 18.2 Å². The van der Waals surface area contributed by atoms with Gasteiger partial charge in [0.15, 0.2) is 16.7 Å². The van der Waals surface area contributed by atoms with Crippen LogP contribution in [0.4, 0.5) is 18.9 Å². The van der Waals surface area contributed by atoms with Crippen LogP contribution in [0.15, 0.2) is 66.0 Å². The van der Waals surface area contributed by atoms with Gasteiger partial charge < -0.3 is 14.5 Å². The van der Waals surface area contributed by atoms with Crippen molar-refractivity contribution < 1.29 is 22.4 Å². The Hall–Kier alpha value is -3.14. The number of rotatable bonds is 11. The Morgan fingerprint density at radius 2 is 1.71 bits per heavy atom. The fraction of sp³-hybridized carbons (Fsp3) is 0.323. The van der Waals surface area contributed by atoms with Crippen molar-refractivity contribution in [3.05, 3.63) is 100 Å². The number of anilines is 1. The molecule has 41 heavy (non-hydrogen) atoms. The summed E-state index contributed by atoms with van der Waals surface area (Å²) in [5.41, 5.74) is 2.62. The number of methoxy groups -OCH3 is 1. The SMILES string of the molecule is COc1cc(C(C)(C)c2cnc(SCc3c(F)cc(NCC[N+](C)(C)C)cc3Cl)n2-c2ccc(F)cc2)ccc1F. The summed E-state index contributed by atoms with van der Waals surface area (Å²) in [7, 11) is 7.70. The average molecular weight is 604 g/mol. The third-order valence-corrected chi connectivity index (χ3v) is 8.24. The maximum atomic E-state index is 15.2. The molecule has 0 fully saturated rings. The molecule has 3 aromatic carbocycles. The summed E-state index contributed by atoms with van der Waals surface area (Å²) in [5.74, 6) is -0.859. The lowest BCUT2D eigenvalue weighted by Gasteiger charge is -2.28. The summed E-state index contributed by atoms with van der Waals surface area (Å²) in [6.07, 6.45) is 1.74. The highest BCUT2D eigenvalue weighted by molar-refractivity contribution is 7.98. The van der Waals surface area contributed by atoms with Gasteiger partial charge in [0.25, 0.3) is 0 Å². The molecular formula is C31H35ClF3N4OS+. The lowest BCUT2D eigenvalue weighted by atomic mass is 9.81. The fourth-order valence-corrected chi connectivity index (χ4v) is 5.81. The Bertz CT molecular complexity index is 1490. The maximum absolute atomic E-state index is 15.2. The average Bonchev–Trinajstić information content (AvgIpc) is 3.33. The van der Waals surface area contributed by atoms with E-state index in [1.54, 1.807) is 36.5 Å². The van der Waals surface area contributed by atoms with E-state index in [1.807, 2.05) is 18.4 Å². The zero-order chi connectivity index (χ0) is 29.9. The van der Waals surface area contributed by atoms with E-state index in [-0.39, 0.29) is 17.3 Å². The van der Waals surface area contributed by atoms with Crippen LogP contribution in [0.3, 0.4) is 0 Å². The predicted molar refractivity (Wildman–Crippen MR) is 161 cm³/mol. The van der Waals surface area contributed by atoms with Crippen LogP contribution >= 0.6 is 23.4 Å². The Morgan fingerprint density at radius 3 is 2.34 bits per heavy atom. The van der Waals surface area contributed by atoms with Crippen LogP contribution in [0, 0.1) is 17.5 Å². The van der Waals surface area contributed by atoms with E-state index in [4.69, 9.17) is 16.3 Å². The molecule has 4 aromatic rings. The van der Waals surface area contributed by atoms with Crippen LogP contribution in [0.5, 0.6) is 5.75 Å². The highest BCUT2D eigenvalue weighted by Gasteiger charge is 2.30. The molecule has 5 nitrogen and oxygen atoms in total. The molecule has 0 bridgehead atoms. The summed E-state index contributed by atoms with van der Waals surface area (Å²) < 4.78 is 51.1. The van der Waals surface area contributed by atoms with Crippen LogP contribution in [-0.2, 0) is 11.2 Å². The molecule has 1 N–H and O–H groups in total. The highest BCUT2D eigenvalue weighted by Crippen LogP contribution is 2.39. The number of ether oxygens (including phenoxy) is 1. The largest absolute Gasteiger partial charge is 0.494 e. The second-order valence-corrected chi connectivity index (χ2v) is 12.7. The third kappa shape index (κ3) is 7.20. The van der Waals surface area contributed by atoms with E-state index in [9.17, 15) is 8.78 Å². The van der Waals surface area contributed by atoms with Crippen molar-refractivity contribution >= 4 is 29.1 Å². The minimum atomic E-state index is -0.650. The molecule has 0 saturated carbocycles. The first kappa shape index (κ1) is 30.8. The molecule has 0 amide bonds. The number of hydrogen-bond acceptors (Lipinski definition) is 4. The van der Waals surface area contributed by atoms with Crippen molar-refractivity contribution in [1.29, 1.82) is 0 Å². The van der Waals surface area contributed by atoms with Gasteiger partial charge in [0.1, 0.15) is 11.6 Å². The molecule has 0 radical (unpaired) electrons. The van der Waals surface area contributed by atoms with Crippen LogP contribution in [0.1, 0.15) is 30.7 Å². The van der Waals surface area contributed by atoms with Crippen molar-refractivity contribution in [2.24, 2.45) is 0 Å². The van der Waals surface area contributed by atoms with E-state index in [0.29, 0.717) is 33.7 Å². The first-order chi connectivity index (χ1) is 19.3. The van der Waals surface area contributed by atoms with Crippen LogP contribution in [0.2, 0.25) is 5.02 Å². The van der Waals surface area contributed by atoms with Gasteiger partial charge in [0.2, 0.25) is 0 Å². The standard InChI is InChI=1S/C31H35ClF3N4OS/c1-31(2,20-7-12-26(34)28(15-20)40-6)29-18-37-30(38(29)23-10-8-21(33)9-11-23)41-19-24-25(32)16-22(17-27(24)35)36-13-14-39(3,4)5/h7-12,15-18,36H,13-14,19H2,1-6H3/q+1. The minimum absolute atomic E-state index is 0.138. The number of benzene rings is 3. The third-order valence-electron chi connectivity index (χ3n) is 6.93. The lowest BCUT2D eigenvalue weighted by molar-refractivity contribution is -0.868. The van der Waals surface area contributed by atoms with Gasteiger partial charge in [-0.1, -0.05) is 43.3 Å².